The van der Waals surface area contributed by atoms with Gasteiger partial charge in [-0.05, 0) is 44.5 Å². The fourth-order valence-corrected chi connectivity index (χ4v) is 4.31. The van der Waals surface area contributed by atoms with Crippen LogP contribution in [0.2, 0.25) is 0 Å². The van der Waals surface area contributed by atoms with Gasteiger partial charge in [-0.3, -0.25) is 0 Å². The molecule has 0 aliphatic heterocycles. The third-order valence-electron chi connectivity index (χ3n) is 6.84. The molecule has 0 amide bonds. The first-order valence-corrected chi connectivity index (χ1v) is 14.4. The Hall–Kier alpha value is -4.18. The highest BCUT2D eigenvalue weighted by atomic mass is 15.0. The van der Waals surface area contributed by atoms with Gasteiger partial charge in [0.1, 0.15) is 0 Å². The maximum atomic E-state index is 4.91. The van der Waals surface area contributed by atoms with Crippen molar-refractivity contribution in [2.24, 2.45) is 9.98 Å². The summed E-state index contributed by atoms with van der Waals surface area (Å²) in [6, 6.07) is 37.3. The van der Waals surface area contributed by atoms with E-state index in [-0.39, 0.29) is 10.8 Å². The molecule has 0 fully saturated rings. The van der Waals surface area contributed by atoms with E-state index in [9.17, 15) is 0 Å². The summed E-state index contributed by atoms with van der Waals surface area (Å²) in [4.78, 5) is 9.82. The zero-order valence-electron chi connectivity index (χ0n) is 25.3. The monoisotopic (exact) mass is 542 g/mol. The van der Waals surface area contributed by atoms with Crippen molar-refractivity contribution in [3.05, 3.63) is 142 Å². The Morgan fingerprint density at radius 1 is 0.488 bits per heavy atom. The van der Waals surface area contributed by atoms with Crippen molar-refractivity contribution in [2.75, 3.05) is 13.1 Å². The predicted octanol–water partition coefficient (Wildman–Crippen LogP) is 10.3. The number of amidine groups is 2. The van der Waals surface area contributed by atoms with Crippen LogP contribution in [0, 0.1) is 0 Å². The average molecular weight is 543 g/mol. The maximum Gasteiger partial charge on any atom is -0.0132 e. The van der Waals surface area contributed by atoms with E-state index in [1.54, 1.807) is 0 Å². The summed E-state index contributed by atoms with van der Waals surface area (Å²) in [6.45, 7) is 14.6. The third kappa shape index (κ3) is 8.91. The summed E-state index contributed by atoms with van der Waals surface area (Å²) in [5.41, 5.74) is 6.62. The van der Waals surface area contributed by atoms with Crippen molar-refractivity contribution in [2.45, 2.75) is 58.8 Å². The van der Waals surface area contributed by atoms with E-state index in [4.69, 9.17) is 20.6 Å². The van der Waals surface area contributed by atoms with Gasteiger partial charge in [0.15, 0.2) is 0 Å². The van der Waals surface area contributed by atoms with Crippen LogP contribution in [0.5, 0.6) is 0 Å². The van der Waals surface area contributed by atoms with Gasteiger partial charge in [0.2, 0.25) is 0 Å². The summed E-state index contributed by atoms with van der Waals surface area (Å²) in [7, 11) is 0. The molecule has 0 spiro atoms. The molecule has 4 aromatic carbocycles. The number of rotatable bonds is 8. The molecule has 4 nitrogen and oxygen atoms in total. The predicted molar refractivity (Wildman–Crippen MR) is 177 cm³/mol. The Balaban J connectivity index is 1.43. The van der Waals surface area contributed by atoms with E-state index in [2.05, 4.69) is 114 Å². The standard InChI is InChI=1S/C37H42N4/c1-36(2,3)30-18-22-32(23-19-30)40-34(28-14-9-7-10-15-28)38-26-13-27-39-35(29-16-11-8-12-17-29)41-33-24-20-31(21-25-33)37(4,5)6/h7-12,14-25H,13,26-27H2,1-6H3/q-2. The van der Waals surface area contributed by atoms with Gasteiger partial charge >= 0.3 is 0 Å². The van der Waals surface area contributed by atoms with Gasteiger partial charge in [-0.25, -0.2) is 0 Å². The number of hydrogen-bond donors (Lipinski definition) is 0. The molecule has 0 aliphatic rings. The first-order valence-electron chi connectivity index (χ1n) is 14.4. The number of aliphatic imine (C=N–C) groups is 2. The molecule has 0 N–H and O–H groups in total. The minimum absolute atomic E-state index is 0.107. The molecular weight excluding hydrogens is 500 g/mol. The Labute approximate surface area is 246 Å². The van der Waals surface area contributed by atoms with Gasteiger partial charge in [-0.1, -0.05) is 182 Å². The van der Waals surface area contributed by atoms with Gasteiger partial charge in [0, 0.05) is 0 Å². The van der Waals surface area contributed by atoms with Gasteiger partial charge in [0.05, 0.1) is 0 Å². The minimum Gasteiger partial charge on any atom is -0.465 e. The highest BCUT2D eigenvalue weighted by molar-refractivity contribution is 6.10. The molecule has 0 aromatic heterocycles. The minimum atomic E-state index is 0.107. The van der Waals surface area contributed by atoms with E-state index >= 15 is 0 Å². The fraction of sp³-hybridized carbons (Fsp3) is 0.297. The van der Waals surface area contributed by atoms with Crippen molar-refractivity contribution in [1.29, 1.82) is 0 Å². The Bertz CT molecular complexity index is 1310. The molecule has 0 saturated heterocycles. The van der Waals surface area contributed by atoms with Crippen LogP contribution in [0.1, 0.15) is 70.2 Å². The van der Waals surface area contributed by atoms with Crippen LogP contribution in [-0.4, -0.2) is 24.8 Å². The van der Waals surface area contributed by atoms with Crippen molar-refractivity contribution >= 4 is 23.0 Å². The zero-order chi connectivity index (χ0) is 29.3. The van der Waals surface area contributed by atoms with Crippen LogP contribution in [0.4, 0.5) is 11.4 Å². The molecule has 4 rings (SSSR count). The lowest BCUT2D eigenvalue weighted by atomic mass is 9.87. The topological polar surface area (TPSA) is 52.9 Å². The lowest BCUT2D eigenvalue weighted by molar-refractivity contribution is 0.590. The van der Waals surface area contributed by atoms with Crippen LogP contribution in [0.25, 0.3) is 10.6 Å². The summed E-state index contributed by atoms with van der Waals surface area (Å²) in [5, 5.41) is 9.79. The largest absolute Gasteiger partial charge is 0.465 e. The smallest absolute Gasteiger partial charge is 0.0132 e. The summed E-state index contributed by atoms with van der Waals surface area (Å²) >= 11 is 0. The van der Waals surface area contributed by atoms with Crippen molar-refractivity contribution in [3.63, 3.8) is 0 Å². The maximum absolute atomic E-state index is 4.91. The molecule has 4 aromatic rings. The van der Waals surface area contributed by atoms with Gasteiger partial charge in [-0.2, -0.15) is 0 Å². The lowest BCUT2D eigenvalue weighted by Crippen LogP contribution is -2.10. The molecule has 0 radical (unpaired) electrons. The molecule has 212 valence electrons. The number of hydrogen-bond acceptors (Lipinski definition) is 2. The highest BCUT2D eigenvalue weighted by Gasteiger charge is 2.13. The molecule has 0 heterocycles. The Morgan fingerprint density at radius 2 is 0.829 bits per heavy atom. The molecule has 0 aliphatic carbocycles. The Kier molecular flexibility index (Phi) is 9.78. The molecule has 0 atom stereocenters. The molecule has 0 saturated carbocycles. The van der Waals surface area contributed by atoms with E-state index in [1.807, 2.05) is 36.4 Å². The zero-order valence-corrected chi connectivity index (χ0v) is 25.3. The molecule has 0 unspecified atom stereocenters. The molecule has 0 bridgehead atoms. The van der Waals surface area contributed by atoms with E-state index in [1.165, 1.54) is 11.1 Å². The highest BCUT2D eigenvalue weighted by Crippen LogP contribution is 2.27. The van der Waals surface area contributed by atoms with E-state index in [0.717, 1.165) is 40.6 Å². The molecular formula is C37H42N4-2. The second-order valence-corrected chi connectivity index (χ2v) is 12.3. The normalized spacial score (nSPS) is 12.7. The van der Waals surface area contributed by atoms with E-state index in [0.29, 0.717) is 13.1 Å². The van der Waals surface area contributed by atoms with Crippen molar-refractivity contribution in [1.82, 2.24) is 0 Å². The van der Waals surface area contributed by atoms with Crippen LogP contribution < -0.4 is 0 Å². The van der Waals surface area contributed by atoms with Crippen LogP contribution in [0.15, 0.2) is 119 Å². The van der Waals surface area contributed by atoms with Gasteiger partial charge < -0.3 is 20.6 Å². The lowest BCUT2D eigenvalue weighted by Gasteiger charge is -2.24. The van der Waals surface area contributed by atoms with Crippen LogP contribution in [0.3, 0.4) is 0 Å². The van der Waals surface area contributed by atoms with Gasteiger partial charge in [0.25, 0.3) is 0 Å². The molecule has 4 heteroatoms. The summed E-state index contributed by atoms with van der Waals surface area (Å²) in [6.07, 6.45) is 0.795. The first kappa shape index (κ1) is 29.8. The SMILES string of the molecule is CC(C)(C)c1ccc(N=C([N-]CCC[N-]C(=Nc2ccc(C(C)(C)C)cc2)c2ccccc2)c2ccccc2)cc1. The number of benzene rings is 4. The summed E-state index contributed by atoms with van der Waals surface area (Å²) in [5.74, 6) is 1.48. The second kappa shape index (κ2) is 13.5. The molecule has 41 heavy (non-hydrogen) atoms. The van der Waals surface area contributed by atoms with Crippen molar-refractivity contribution in [3.8, 4) is 0 Å². The quantitative estimate of drug-likeness (QED) is 0.121. The average Bonchev–Trinajstić information content (AvgIpc) is 2.96. The summed E-state index contributed by atoms with van der Waals surface area (Å²) < 4.78 is 0. The third-order valence-corrected chi connectivity index (χ3v) is 6.84. The van der Waals surface area contributed by atoms with Crippen LogP contribution in [-0.2, 0) is 10.8 Å². The van der Waals surface area contributed by atoms with Crippen LogP contribution >= 0.6 is 0 Å². The van der Waals surface area contributed by atoms with Gasteiger partial charge in [-0.15, -0.1) is 0 Å². The number of nitrogens with zero attached hydrogens (tertiary/aromatic N) is 4. The fourth-order valence-electron chi connectivity index (χ4n) is 4.31. The Morgan fingerprint density at radius 3 is 1.15 bits per heavy atom. The van der Waals surface area contributed by atoms with E-state index < -0.39 is 0 Å². The first-order chi connectivity index (χ1) is 19.6. The second-order valence-electron chi connectivity index (χ2n) is 12.3. The van der Waals surface area contributed by atoms with Crippen molar-refractivity contribution < 1.29 is 0 Å².